The van der Waals surface area contributed by atoms with Gasteiger partial charge in [0.1, 0.15) is 0 Å². The lowest BCUT2D eigenvalue weighted by Crippen LogP contribution is -1.96. The van der Waals surface area contributed by atoms with Crippen molar-refractivity contribution >= 4 is 22.7 Å². The maximum Gasteiger partial charge on any atom is 0.0712 e. The van der Waals surface area contributed by atoms with Gasteiger partial charge in [0.25, 0.3) is 0 Å². The molecule has 1 aliphatic rings. The zero-order valence-corrected chi connectivity index (χ0v) is 13.5. The minimum absolute atomic E-state index is 0.544. The summed E-state index contributed by atoms with van der Waals surface area (Å²) >= 11 is 2.07. The van der Waals surface area contributed by atoms with Crippen LogP contribution in [0.1, 0.15) is 30.7 Å². The Hall–Kier alpha value is -1.80. The predicted octanol–water partition coefficient (Wildman–Crippen LogP) is 5.86. The number of aromatic nitrogens is 1. The average Bonchev–Trinajstić information content (AvgIpc) is 3.01. The summed E-state index contributed by atoms with van der Waals surface area (Å²) in [5.41, 5.74) is 4.94. The molecule has 3 aromatic rings. The van der Waals surface area contributed by atoms with Crippen molar-refractivity contribution in [3.63, 3.8) is 0 Å². The van der Waals surface area contributed by atoms with Crippen molar-refractivity contribution in [1.29, 1.82) is 0 Å². The number of pyridine rings is 1. The quantitative estimate of drug-likeness (QED) is 0.588. The summed E-state index contributed by atoms with van der Waals surface area (Å²) < 4.78 is 0. The summed E-state index contributed by atoms with van der Waals surface area (Å²) in [6.45, 7) is 2.32. The van der Waals surface area contributed by atoms with Crippen molar-refractivity contribution in [1.82, 2.24) is 4.98 Å². The molecule has 0 spiro atoms. The zero-order chi connectivity index (χ0) is 14.9. The maximum absolute atomic E-state index is 4.96. The molecule has 22 heavy (non-hydrogen) atoms. The molecule has 1 fully saturated rings. The molecule has 2 atom stereocenters. The van der Waals surface area contributed by atoms with E-state index in [1.165, 1.54) is 35.0 Å². The zero-order valence-electron chi connectivity index (χ0n) is 12.7. The Morgan fingerprint density at radius 1 is 0.955 bits per heavy atom. The van der Waals surface area contributed by atoms with Crippen LogP contribution in [-0.2, 0) is 0 Å². The maximum atomic E-state index is 4.96. The van der Waals surface area contributed by atoms with Gasteiger partial charge in [0.15, 0.2) is 0 Å². The molecule has 0 aliphatic carbocycles. The lowest BCUT2D eigenvalue weighted by molar-refractivity contribution is 0.760. The summed E-state index contributed by atoms with van der Waals surface area (Å²) in [7, 11) is 0. The smallest absolute Gasteiger partial charge is 0.0712 e. The van der Waals surface area contributed by atoms with Crippen LogP contribution in [-0.4, -0.2) is 10.2 Å². The highest BCUT2D eigenvalue weighted by Crippen LogP contribution is 2.45. The van der Waals surface area contributed by atoms with Crippen LogP contribution in [0.3, 0.4) is 0 Å². The molecule has 110 valence electrons. The molecular formula is C20H19NS. The van der Waals surface area contributed by atoms with Crippen molar-refractivity contribution in [3.8, 4) is 11.1 Å². The second-order valence-electron chi connectivity index (χ2n) is 5.99. The fourth-order valence-electron chi connectivity index (χ4n) is 3.24. The SMILES string of the molecule is CC1CCC(c2cc(-c3ccccc3)c3ccccc3n2)S1. The third-order valence-corrected chi connectivity index (χ3v) is 5.89. The highest BCUT2D eigenvalue weighted by Gasteiger charge is 2.25. The predicted molar refractivity (Wildman–Crippen MR) is 96.2 cm³/mol. The van der Waals surface area contributed by atoms with Crippen molar-refractivity contribution in [2.75, 3.05) is 0 Å². The number of nitrogens with zero attached hydrogens (tertiary/aromatic N) is 1. The molecule has 0 radical (unpaired) electrons. The topological polar surface area (TPSA) is 12.9 Å². The van der Waals surface area contributed by atoms with Crippen LogP contribution in [0.5, 0.6) is 0 Å². The number of benzene rings is 2. The Balaban J connectivity index is 1.90. The number of fused-ring (bicyclic) bond motifs is 1. The van der Waals surface area contributed by atoms with Crippen molar-refractivity contribution in [2.24, 2.45) is 0 Å². The van der Waals surface area contributed by atoms with Crippen LogP contribution in [0.4, 0.5) is 0 Å². The normalized spacial score (nSPS) is 21.3. The second-order valence-corrected chi connectivity index (χ2v) is 7.64. The van der Waals surface area contributed by atoms with E-state index in [4.69, 9.17) is 4.98 Å². The van der Waals surface area contributed by atoms with Crippen molar-refractivity contribution < 1.29 is 0 Å². The van der Waals surface area contributed by atoms with Gasteiger partial charge >= 0.3 is 0 Å². The van der Waals surface area contributed by atoms with E-state index in [1.807, 2.05) is 0 Å². The summed E-state index contributed by atoms with van der Waals surface area (Å²) in [5.74, 6) is 0. The van der Waals surface area contributed by atoms with Gasteiger partial charge in [0.05, 0.1) is 11.2 Å². The van der Waals surface area contributed by atoms with Gasteiger partial charge in [-0.15, -0.1) is 11.8 Å². The fraction of sp³-hybridized carbons (Fsp3) is 0.250. The Morgan fingerprint density at radius 2 is 1.73 bits per heavy atom. The lowest BCUT2D eigenvalue weighted by Gasteiger charge is -2.14. The second kappa shape index (κ2) is 5.77. The molecule has 2 unspecified atom stereocenters. The molecule has 1 nitrogen and oxygen atoms in total. The first-order valence-electron chi connectivity index (χ1n) is 7.92. The standard InChI is InChI=1S/C20H19NS/c1-14-11-12-20(22-14)19-13-17(15-7-3-2-4-8-15)16-9-5-6-10-18(16)21-19/h2-10,13-14,20H,11-12H2,1H3. The van der Waals surface area contributed by atoms with E-state index in [0.717, 1.165) is 10.8 Å². The fourth-order valence-corrected chi connectivity index (χ4v) is 4.60. The number of rotatable bonds is 2. The first kappa shape index (κ1) is 13.8. The third-order valence-electron chi connectivity index (χ3n) is 4.38. The molecule has 2 aromatic carbocycles. The molecule has 1 aromatic heterocycles. The molecule has 2 heteroatoms. The highest BCUT2D eigenvalue weighted by molar-refractivity contribution is 8.00. The highest BCUT2D eigenvalue weighted by atomic mass is 32.2. The van der Waals surface area contributed by atoms with Crippen LogP contribution >= 0.6 is 11.8 Å². The van der Waals surface area contributed by atoms with Crippen LogP contribution in [0, 0.1) is 0 Å². The van der Waals surface area contributed by atoms with Gasteiger partial charge in [-0.05, 0) is 36.1 Å². The lowest BCUT2D eigenvalue weighted by atomic mass is 9.99. The van der Waals surface area contributed by atoms with Gasteiger partial charge in [-0.1, -0.05) is 55.5 Å². The third kappa shape index (κ3) is 2.52. The number of hydrogen-bond acceptors (Lipinski definition) is 2. The average molecular weight is 305 g/mol. The van der Waals surface area contributed by atoms with Crippen LogP contribution in [0.15, 0.2) is 60.7 Å². The number of para-hydroxylation sites is 1. The van der Waals surface area contributed by atoms with E-state index in [1.54, 1.807) is 0 Å². The molecule has 0 N–H and O–H groups in total. The van der Waals surface area contributed by atoms with Crippen LogP contribution in [0.2, 0.25) is 0 Å². The van der Waals surface area contributed by atoms with Crippen LogP contribution < -0.4 is 0 Å². The molecule has 4 rings (SSSR count). The minimum atomic E-state index is 0.544. The van der Waals surface area contributed by atoms with Gasteiger partial charge in [0.2, 0.25) is 0 Å². The molecule has 1 saturated heterocycles. The molecule has 0 bridgehead atoms. The van der Waals surface area contributed by atoms with Gasteiger partial charge in [0, 0.05) is 15.9 Å². The van der Waals surface area contributed by atoms with Gasteiger partial charge < -0.3 is 0 Å². The largest absolute Gasteiger partial charge is 0.252 e. The number of hydrogen-bond donors (Lipinski definition) is 0. The monoisotopic (exact) mass is 305 g/mol. The van der Waals surface area contributed by atoms with E-state index in [-0.39, 0.29) is 0 Å². The Morgan fingerprint density at radius 3 is 2.50 bits per heavy atom. The van der Waals surface area contributed by atoms with Crippen LogP contribution in [0.25, 0.3) is 22.0 Å². The summed E-state index contributed by atoms with van der Waals surface area (Å²) in [5, 5.41) is 2.54. The molecular weight excluding hydrogens is 286 g/mol. The summed E-state index contributed by atoms with van der Waals surface area (Å²) in [6.07, 6.45) is 2.54. The van der Waals surface area contributed by atoms with E-state index < -0.39 is 0 Å². The molecule has 2 heterocycles. The van der Waals surface area contributed by atoms with Gasteiger partial charge in [-0.3, -0.25) is 4.98 Å². The Bertz CT molecular complexity index is 797. The summed E-state index contributed by atoms with van der Waals surface area (Å²) in [6, 6.07) is 21.5. The minimum Gasteiger partial charge on any atom is -0.252 e. The van der Waals surface area contributed by atoms with Crippen molar-refractivity contribution in [3.05, 3.63) is 66.4 Å². The first-order valence-corrected chi connectivity index (χ1v) is 8.86. The molecule has 1 aliphatic heterocycles. The number of thioether (sulfide) groups is 1. The van der Waals surface area contributed by atoms with E-state index in [9.17, 15) is 0 Å². The summed E-state index contributed by atoms with van der Waals surface area (Å²) in [4.78, 5) is 4.96. The Kier molecular flexibility index (Phi) is 3.63. The van der Waals surface area contributed by atoms with E-state index in [0.29, 0.717) is 5.25 Å². The van der Waals surface area contributed by atoms with Gasteiger partial charge in [-0.25, -0.2) is 0 Å². The first-order chi connectivity index (χ1) is 10.8. The van der Waals surface area contributed by atoms with Gasteiger partial charge in [-0.2, -0.15) is 0 Å². The van der Waals surface area contributed by atoms with Crippen molar-refractivity contribution in [2.45, 2.75) is 30.3 Å². The van der Waals surface area contributed by atoms with E-state index >= 15 is 0 Å². The van der Waals surface area contributed by atoms with E-state index in [2.05, 4.69) is 79.3 Å². The molecule has 0 saturated carbocycles. The molecule has 0 amide bonds. The Labute approximate surface area is 135 Å².